The molecule has 2 nitrogen and oxygen atoms in total. The van der Waals surface area contributed by atoms with Gasteiger partial charge in [-0.2, -0.15) is 0 Å². The number of hydrogen-bond acceptors (Lipinski definition) is 2. The predicted molar refractivity (Wildman–Crippen MR) is 85.6 cm³/mol. The first-order chi connectivity index (χ1) is 9.67. The first kappa shape index (κ1) is 16.6. The molecule has 1 atom stereocenters. The maximum atomic E-state index is 5.81. The van der Waals surface area contributed by atoms with E-state index in [9.17, 15) is 0 Å². The highest BCUT2D eigenvalue weighted by molar-refractivity contribution is 5.39. The van der Waals surface area contributed by atoms with Crippen LogP contribution in [0.1, 0.15) is 46.5 Å². The molecule has 0 aromatic heterocycles. The molecule has 0 heterocycles. The molecule has 0 radical (unpaired) electrons. The number of ether oxygens (including phenoxy) is 2. The predicted octanol–water partition coefficient (Wildman–Crippen LogP) is 5.24. The van der Waals surface area contributed by atoms with Gasteiger partial charge in [0.25, 0.3) is 0 Å². The van der Waals surface area contributed by atoms with Crippen molar-refractivity contribution in [1.82, 2.24) is 0 Å². The van der Waals surface area contributed by atoms with Gasteiger partial charge in [-0.25, -0.2) is 0 Å². The lowest BCUT2D eigenvalue weighted by atomic mass is 10.0. The van der Waals surface area contributed by atoms with Crippen LogP contribution in [-0.4, -0.2) is 13.7 Å². The smallest absolute Gasteiger partial charge is 0.161 e. The van der Waals surface area contributed by atoms with Crippen LogP contribution in [0.2, 0.25) is 0 Å². The Balaban J connectivity index is 2.26. The van der Waals surface area contributed by atoms with E-state index in [0.29, 0.717) is 5.92 Å². The molecule has 112 valence electrons. The van der Waals surface area contributed by atoms with E-state index < -0.39 is 0 Å². The van der Waals surface area contributed by atoms with E-state index in [1.165, 1.54) is 18.4 Å². The minimum absolute atomic E-state index is 0.686. The third kappa shape index (κ3) is 6.14. The zero-order valence-electron chi connectivity index (χ0n) is 13.3. The van der Waals surface area contributed by atoms with Crippen molar-refractivity contribution in [2.24, 2.45) is 5.92 Å². The number of methoxy groups -OCH3 is 1. The second-order valence-corrected chi connectivity index (χ2v) is 5.37. The van der Waals surface area contributed by atoms with Gasteiger partial charge in [-0.05, 0) is 50.7 Å². The van der Waals surface area contributed by atoms with Gasteiger partial charge < -0.3 is 9.47 Å². The summed E-state index contributed by atoms with van der Waals surface area (Å²) in [6.07, 6.45) is 7.00. The fourth-order valence-corrected chi connectivity index (χ4v) is 2.01. The Morgan fingerprint density at radius 2 is 1.90 bits per heavy atom. The minimum atomic E-state index is 0.686. The van der Waals surface area contributed by atoms with Gasteiger partial charge in [-0.1, -0.05) is 37.6 Å². The number of benzene rings is 1. The highest BCUT2D eigenvalue weighted by Crippen LogP contribution is 2.26. The molecule has 0 amide bonds. The van der Waals surface area contributed by atoms with E-state index in [1.54, 1.807) is 7.11 Å². The lowest BCUT2D eigenvalue weighted by Crippen LogP contribution is -2.05. The zero-order chi connectivity index (χ0) is 14.8. The van der Waals surface area contributed by atoms with E-state index in [-0.39, 0.29) is 0 Å². The van der Waals surface area contributed by atoms with Crippen LogP contribution in [0.3, 0.4) is 0 Å². The van der Waals surface area contributed by atoms with Crippen molar-refractivity contribution in [3.05, 3.63) is 35.9 Å². The molecular weight excluding hydrogens is 248 g/mol. The van der Waals surface area contributed by atoms with Crippen LogP contribution < -0.4 is 9.47 Å². The van der Waals surface area contributed by atoms with Gasteiger partial charge in [0.15, 0.2) is 11.5 Å². The molecule has 1 aromatic rings. The van der Waals surface area contributed by atoms with E-state index in [1.807, 2.05) is 24.3 Å². The highest BCUT2D eigenvalue weighted by atomic mass is 16.5. The lowest BCUT2D eigenvalue weighted by molar-refractivity contribution is 0.265. The Bertz CT molecular complexity index is 410. The summed E-state index contributed by atoms with van der Waals surface area (Å²) in [4.78, 5) is 0. The summed E-state index contributed by atoms with van der Waals surface area (Å²) in [5, 5.41) is 0. The summed E-state index contributed by atoms with van der Waals surface area (Å²) in [5.41, 5.74) is 1.49. The third-order valence-electron chi connectivity index (χ3n) is 3.65. The first-order valence-corrected chi connectivity index (χ1v) is 7.58. The quantitative estimate of drug-likeness (QED) is 0.574. The van der Waals surface area contributed by atoms with Gasteiger partial charge in [0, 0.05) is 0 Å². The molecule has 0 aliphatic heterocycles. The molecule has 1 unspecified atom stereocenters. The summed E-state index contributed by atoms with van der Waals surface area (Å²) in [5.74, 6) is 2.33. The number of allylic oxidation sites excluding steroid dienone is 2. The molecule has 0 saturated carbocycles. The van der Waals surface area contributed by atoms with Crippen LogP contribution in [0.5, 0.6) is 11.5 Å². The number of hydrogen-bond donors (Lipinski definition) is 0. The van der Waals surface area contributed by atoms with E-state index >= 15 is 0 Å². The second-order valence-electron chi connectivity index (χ2n) is 5.37. The maximum Gasteiger partial charge on any atom is 0.161 e. The number of para-hydroxylation sites is 2. The molecule has 0 spiro atoms. The average Bonchev–Trinajstić information content (AvgIpc) is 2.47. The molecular formula is C18H28O2. The fourth-order valence-electron chi connectivity index (χ4n) is 2.01. The summed E-state index contributed by atoms with van der Waals surface area (Å²) < 4.78 is 11.1. The Morgan fingerprint density at radius 3 is 2.55 bits per heavy atom. The number of rotatable bonds is 9. The van der Waals surface area contributed by atoms with E-state index in [4.69, 9.17) is 9.47 Å². The van der Waals surface area contributed by atoms with Crippen LogP contribution in [0.25, 0.3) is 0 Å². The SMILES string of the molecule is CCC(C)=CCCC(C)CCOc1ccccc1OC. The maximum absolute atomic E-state index is 5.81. The Labute approximate surface area is 123 Å². The monoisotopic (exact) mass is 276 g/mol. The van der Waals surface area contributed by atoms with Crippen LogP contribution in [0.15, 0.2) is 35.9 Å². The molecule has 0 bridgehead atoms. The molecule has 1 aromatic carbocycles. The summed E-state index contributed by atoms with van der Waals surface area (Å²) in [7, 11) is 1.67. The lowest BCUT2D eigenvalue weighted by Gasteiger charge is -2.13. The Kier molecular flexibility index (Phi) is 7.86. The minimum Gasteiger partial charge on any atom is -0.493 e. The zero-order valence-corrected chi connectivity index (χ0v) is 13.3. The Morgan fingerprint density at radius 1 is 1.20 bits per heavy atom. The van der Waals surface area contributed by atoms with Crippen molar-refractivity contribution in [2.75, 3.05) is 13.7 Å². The van der Waals surface area contributed by atoms with Gasteiger partial charge in [0.1, 0.15) is 0 Å². The summed E-state index contributed by atoms with van der Waals surface area (Å²) in [6.45, 7) is 7.45. The second kappa shape index (κ2) is 9.46. The van der Waals surface area contributed by atoms with Gasteiger partial charge in [-0.3, -0.25) is 0 Å². The molecule has 0 saturated heterocycles. The molecule has 2 heteroatoms. The first-order valence-electron chi connectivity index (χ1n) is 7.58. The van der Waals surface area contributed by atoms with Crippen molar-refractivity contribution < 1.29 is 9.47 Å². The van der Waals surface area contributed by atoms with Gasteiger partial charge in [0.2, 0.25) is 0 Å². The molecule has 1 rings (SSSR count). The normalized spacial score (nSPS) is 13.1. The molecule has 0 N–H and O–H groups in total. The van der Waals surface area contributed by atoms with Crippen LogP contribution in [-0.2, 0) is 0 Å². The molecule has 0 aliphatic rings. The standard InChI is InChI=1S/C18H28O2/c1-5-15(2)9-8-10-16(3)13-14-20-18-12-7-6-11-17(18)19-4/h6-7,9,11-12,16H,5,8,10,13-14H2,1-4H3. The summed E-state index contributed by atoms with van der Waals surface area (Å²) in [6, 6.07) is 7.81. The van der Waals surface area contributed by atoms with Gasteiger partial charge in [0.05, 0.1) is 13.7 Å². The topological polar surface area (TPSA) is 18.5 Å². The largest absolute Gasteiger partial charge is 0.493 e. The van der Waals surface area contributed by atoms with Crippen LogP contribution in [0.4, 0.5) is 0 Å². The van der Waals surface area contributed by atoms with E-state index in [0.717, 1.165) is 30.9 Å². The summed E-state index contributed by atoms with van der Waals surface area (Å²) >= 11 is 0. The van der Waals surface area contributed by atoms with Crippen LogP contribution >= 0.6 is 0 Å². The van der Waals surface area contributed by atoms with Crippen molar-refractivity contribution in [3.8, 4) is 11.5 Å². The van der Waals surface area contributed by atoms with Crippen molar-refractivity contribution in [2.45, 2.75) is 46.5 Å². The Hall–Kier alpha value is -1.44. The highest BCUT2D eigenvalue weighted by Gasteiger charge is 2.05. The fraction of sp³-hybridized carbons (Fsp3) is 0.556. The average molecular weight is 276 g/mol. The van der Waals surface area contributed by atoms with E-state index in [2.05, 4.69) is 26.8 Å². The molecule has 20 heavy (non-hydrogen) atoms. The third-order valence-corrected chi connectivity index (χ3v) is 3.65. The van der Waals surface area contributed by atoms with Gasteiger partial charge in [-0.15, -0.1) is 0 Å². The van der Waals surface area contributed by atoms with Crippen molar-refractivity contribution in [3.63, 3.8) is 0 Å². The van der Waals surface area contributed by atoms with Crippen molar-refractivity contribution >= 4 is 0 Å². The van der Waals surface area contributed by atoms with Gasteiger partial charge >= 0.3 is 0 Å². The van der Waals surface area contributed by atoms with Crippen molar-refractivity contribution in [1.29, 1.82) is 0 Å². The molecule has 0 aliphatic carbocycles. The van der Waals surface area contributed by atoms with Crippen LogP contribution in [0, 0.1) is 5.92 Å². The molecule has 0 fully saturated rings.